The number of benzene rings is 1. The molecule has 0 aromatic heterocycles. The molecule has 0 amide bonds. The average Bonchev–Trinajstić information content (AvgIpc) is 2.66. The van der Waals surface area contributed by atoms with E-state index in [1.54, 1.807) is 0 Å². The summed E-state index contributed by atoms with van der Waals surface area (Å²) in [4.78, 5) is 20.8. The molecule has 0 spiro atoms. The first-order chi connectivity index (χ1) is 12.8. The fraction of sp³-hybridized carbons (Fsp3) is 0.619. The smallest absolute Gasteiger partial charge is 0.335 e. The normalized spacial score (nSPS) is 27.9. The second kappa shape index (κ2) is 10.4. The first-order valence-corrected chi connectivity index (χ1v) is 9.93. The van der Waals surface area contributed by atoms with E-state index in [2.05, 4.69) is 0 Å². The van der Waals surface area contributed by atoms with Crippen LogP contribution in [-0.4, -0.2) is 34.2 Å². The quantitative estimate of drug-likeness (QED) is 0.637. The van der Waals surface area contributed by atoms with Crippen molar-refractivity contribution in [3.8, 4) is 0 Å². The van der Waals surface area contributed by atoms with Gasteiger partial charge in [0.2, 0.25) is 0 Å². The number of carboxylic acid groups (broad SMARTS) is 2. The number of rotatable bonds is 4. The van der Waals surface area contributed by atoms with Crippen molar-refractivity contribution in [3.05, 3.63) is 35.4 Å². The van der Waals surface area contributed by atoms with E-state index in [9.17, 15) is 9.59 Å². The summed E-state index contributed by atoms with van der Waals surface area (Å²) in [5.41, 5.74) is 11.8. The van der Waals surface area contributed by atoms with Crippen LogP contribution in [0.25, 0.3) is 0 Å². The summed E-state index contributed by atoms with van der Waals surface area (Å²) in [5, 5.41) is 17.0. The molecule has 6 N–H and O–H groups in total. The molecule has 2 fully saturated rings. The molecule has 0 unspecified atom stereocenters. The summed E-state index contributed by atoms with van der Waals surface area (Å²) in [7, 11) is 0. The van der Waals surface area contributed by atoms with Crippen molar-refractivity contribution in [2.45, 2.75) is 69.9 Å². The second-order valence-electron chi connectivity index (χ2n) is 7.99. The molecule has 0 bridgehead atoms. The Kier molecular flexibility index (Phi) is 8.25. The van der Waals surface area contributed by atoms with Crippen LogP contribution >= 0.6 is 0 Å². The topological polar surface area (TPSA) is 127 Å². The van der Waals surface area contributed by atoms with Gasteiger partial charge in [-0.05, 0) is 87.8 Å². The largest absolute Gasteiger partial charge is 0.478 e. The van der Waals surface area contributed by atoms with Gasteiger partial charge < -0.3 is 21.7 Å². The van der Waals surface area contributed by atoms with Crippen LogP contribution in [0.1, 0.15) is 78.5 Å². The maximum Gasteiger partial charge on any atom is 0.335 e. The van der Waals surface area contributed by atoms with Gasteiger partial charge in [0.25, 0.3) is 0 Å². The molecule has 6 heteroatoms. The molecule has 0 aliphatic heterocycles. The van der Waals surface area contributed by atoms with Gasteiger partial charge in [0.1, 0.15) is 0 Å². The van der Waals surface area contributed by atoms with Crippen molar-refractivity contribution in [1.82, 2.24) is 0 Å². The van der Waals surface area contributed by atoms with E-state index in [0.29, 0.717) is 12.1 Å². The minimum Gasteiger partial charge on any atom is -0.478 e. The Bertz CT molecular complexity index is 569. The highest BCUT2D eigenvalue weighted by Gasteiger charge is 2.24. The number of hydrogen-bond donors (Lipinski definition) is 4. The SMILES string of the molecule is NC1CCC(CC2CCC(N)CC2)CC1.O=C(O)c1cccc(C(=O)O)c1. The zero-order valence-corrected chi connectivity index (χ0v) is 15.8. The minimum atomic E-state index is -1.13. The van der Waals surface area contributed by atoms with Gasteiger partial charge in [-0.25, -0.2) is 9.59 Å². The van der Waals surface area contributed by atoms with Crippen molar-refractivity contribution in [3.63, 3.8) is 0 Å². The van der Waals surface area contributed by atoms with E-state index >= 15 is 0 Å². The Balaban J connectivity index is 0.000000199. The molecule has 1 aromatic carbocycles. The molecule has 0 atom stereocenters. The van der Waals surface area contributed by atoms with E-state index in [0.717, 1.165) is 17.9 Å². The molecular formula is C21H32N2O4. The Morgan fingerprint density at radius 3 is 1.48 bits per heavy atom. The Hall–Kier alpha value is -1.92. The molecule has 0 heterocycles. The monoisotopic (exact) mass is 376 g/mol. The highest BCUT2D eigenvalue weighted by Crippen LogP contribution is 2.34. The number of hydrogen-bond acceptors (Lipinski definition) is 4. The lowest BCUT2D eigenvalue weighted by Gasteiger charge is -2.32. The molecule has 27 heavy (non-hydrogen) atoms. The van der Waals surface area contributed by atoms with Gasteiger partial charge in [0.15, 0.2) is 0 Å². The lowest BCUT2D eigenvalue weighted by atomic mass is 9.76. The number of carbonyl (C=O) groups is 2. The Morgan fingerprint density at radius 2 is 1.15 bits per heavy atom. The van der Waals surface area contributed by atoms with Crippen molar-refractivity contribution in [2.24, 2.45) is 23.3 Å². The average molecular weight is 376 g/mol. The highest BCUT2D eigenvalue weighted by atomic mass is 16.4. The minimum absolute atomic E-state index is 0.0186. The Morgan fingerprint density at radius 1 is 0.778 bits per heavy atom. The van der Waals surface area contributed by atoms with Crippen molar-refractivity contribution < 1.29 is 19.8 Å². The van der Waals surface area contributed by atoms with Crippen LogP contribution in [0.15, 0.2) is 24.3 Å². The van der Waals surface area contributed by atoms with Crippen LogP contribution in [0.3, 0.4) is 0 Å². The summed E-state index contributed by atoms with van der Waals surface area (Å²) in [6.07, 6.45) is 12.0. The van der Waals surface area contributed by atoms with E-state index < -0.39 is 11.9 Å². The third-order valence-corrected chi connectivity index (χ3v) is 5.81. The summed E-state index contributed by atoms with van der Waals surface area (Å²) in [5.74, 6) is -0.301. The van der Waals surface area contributed by atoms with Crippen LogP contribution in [0, 0.1) is 11.8 Å². The Labute approximate surface area is 160 Å². The molecule has 0 radical (unpaired) electrons. The second-order valence-corrected chi connectivity index (χ2v) is 7.99. The van der Waals surface area contributed by atoms with Gasteiger partial charge in [-0.15, -0.1) is 0 Å². The molecule has 6 nitrogen and oxygen atoms in total. The van der Waals surface area contributed by atoms with E-state index in [1.165, 1.54) is 76.0 Å². The molecule has 2 aliphatic carbocycles. The summed E-state index contributed by atoms with van der Waals surface area (Å²) < 4.78 is 0. The van der Waals surface area contributed by atoms with Gasteiger partial charge in [0.05, 0.1) is 11.1 Å². The van der Waals surface area contributed by atoms with Crippen LogP contribution in [0.5, 0.6) is 0 Å². The third-order valence-electron chi connectivity index (χ3n) is 5.81. The fourth-order valence-electron chi connectivity index (χ4n) is 4.10. The first-order valence-electron chi connectivity index (χ1n) is 9.93. The summed E-state index contributed by atoms with van der Waals surface area (Å²) in [6, 6.07) is 6.20. The van der Waals surface area contributed by atoms with Gasteiger partial charge in [-0.3, -0.25) is 0 Å². The van der Waals surface area contributed by atoms with Crippen molar-refractivity contribution >= 4 is 11.9 Å². The first kappa shape index (κ1) is 21.4. The van der Waals surface area contributed by atoms with Crippen LogP contribution in [-0.2, 0) is 0 Å². The van der Waals surface area contributed by atoms with Crippen LogP contribution < -0.4 is 11.5 Å². The predicted molar refractivity (Wildman–Crippen MR) is 105 cm³/mol. The van der Waals surface area contributed by atoms with E-state index in [-0.39, 0.29) is 11.1 Å². The summed E-state index contributed by atoms with van der Waals surface area (Å²) >= 11 is 0. The predicted octanol–water partition coefficient (Wildman–Crippen LogP) is 3.49. The zero-order chi connectivity index (χ0) is 19.8. The van der Waals surface area contributed by atoms with Gasteiger partial charge in [0, 0.05) is 12.1 Å². The lowest BCUT2D eigenvalue weighted by molar-refractivity contribution is 0.0696. The van der Waals surface area contributed by atoms with Crippen LogP contribution in [0.2, 0.25) is 0 Å². The number of aromatic carboxylic acids is 2. The lowest BCUT2D eigenvalue weighted by Crippen LogP contribution is -2.30. The third kappa shape index (κ3) is 7.31. The molecule has 1 aromatic rings. The molecule has 2 saturated carbocycles. The number of carboxylic acids is 2. The number of nitrogens with two attached hydrogens (primary N) is 2. The molecule has 2 aliphatic rings. The maximum absolute atomic E-state index is 10.4. The zero-order valence-electron chi connectivity index (χ0n) is 15.8. The maximum atomic E-state index is 10.4. The fourth-order valence-corrected chi connectivity index (χ4v) is 4.10. The summed E-state index contributed by atoms with van der Waals surface area (Å²) in [6.45, 7) is 0. The molecule has 3 rings (SSSR count). The van der Waals surface area contributed by atoms with E-state index in [1.807, 2.05) is 0 Å². The standard InChI is InChI=1S/C13H26N2.C8H6O4/c14-12-5-1-10(2-6-12)9-11-3-7-13(15)8-4-11;9-7(10)5-2-1-3-6(4-5)8(11)12/h10-13H,1-9,14-15H2;1-4H,(H,9,10)(H,11,12). The van der Waals surface area contributed by atoms with Crippen molar-refractivity contribution in [2.75, 3.05) is 0 Å². The van der Waals surface area contributed by atoms with E-state index in [4.69, 9.17) is 21.7 Å². The van der Waals surface area contributed by atoms with Gasteiger partial charge in [-0.1, -0.05) is 6.07 Å². The van der Waals surface area contributed by atoms with Gasteiger partial charge in [-0.2, -0.15) is 0 Å². The molecule has 150 valence electrons. The molecular weight excluding hydrogens is 344 g/mol. The van der Waals surface area contributed by atoms with Gasteiger partial charge >= 0.3 is 11.9 Å². The van der Waals surface area contributed by atoms with Crippen molar-refractivity contribution in [1.29, 1.82) is 0 Å². The highest BCUT2D eigenvalue weighted by molar-refractivity contribution is 5.93. The molecule has 0 saturated heterocycles. The van der Waals surface area contributed by atoms with Crippen LogP contribution in [0.4, 0.5) is 0 Å².